The summed E-state index contributed by atoms with van der Waals surface area (Å²) in [7, 11) is 0. The Balaban J connectivity index is 2.15. The van der Waals surface area contributed by atoms with Crippen molar-refractivity contribution in [1.82, 2.24) is 0 Å². The van der Waals surface area contributed by atoms with E-state index in [1.54, 1.807) is 30.3 Å². The van der Waals surface area contributed by atoms with Gasteiger partial charge in [-0.2, -0.15) is 5.26 Å². The summed E-state index contributed by atoms with van der Waals surface area (Å²) < 4.78 is 19.5. The third kappa shape index (κ3) is 2.07. The first-order chi connectivity index (χ1) is 10.2. The highest BCUT2D eigenvalue weighted by atomic mass is 19.1. The van der Waals surface area contributed by atoms with Crippen LogP contribution in [0.4, 0.5) is 4.39 Å². The van der Waals surface area contributed by atoms with Gasteiger partial charge in [-0.25, -0.2) is 4.39 Å². The SMILES string of the molecule is N#CC1(C(O)c2ccccc2F)CCOc2ccccc21. The summed E-state index contributed by atoms with van der Waals surface area (Å²) in [4.78, 5) is 0. The minimum Gasteiger partial charge on any atom is -0.493 e. The molecule has 0 radical (unpaired) electrons. The third-order valence-corrected chi connectivity index (χ3v) is 3.99. The zero-order chi connectivity index (χ0) is 14.9. The van der Waals surface area contributed by atoms with Crippen LogP contribution in [0.25, 0.3) is 0 Å². The van der Waals surface area contributed by atoms with Gasteiger partial charge >= 0.3 is 0 Å². The number of hydrogen-bond donors (Lipinski definition) is 1. The molecule has 0 saturated heterocycles. The molecule has 21 heavy (non-hydrogen) atoms. The molecule has 1 aliphatic heterocycles. The van der Waals surface area contributed by atoms with Crippen LogP contribution in [0.2, 0.25) is 0 Å². The van der Waals surface area contributed by atoms with Crippen molar-refractivity contribution < 1.29 is 14.2 Å². The molecule has 0 amide bonds. The average Bonchev–Trinajstić information content (AvgIpc) is 2.54. The van der Waals surface area contributed by atoms with Crippen LogP contribution in [0.15, 0.2) is 48.5 Å². The van der Waals surface area contributed by atoms with Gasteiger partial charge in [0.1, 0.15) is 23.1 Å². The maximum absolute atomic E-state index is 14.0. The van der Waals surface area contributed by atoms with Gasteiger partial charge in [0, 0.05) is 17.5 Å². The molecule has 0 bridgehead atoms. The second kappa shape index (κ2) is 5.19. The lowest BCUT2D eigenvalue weighted by molar-refractivity contribution is 0.0777. The molecule has 1 aliphatic rings. The summed E-state index contributed by atoms with van der Waals surface area (Å²) in [5.41, 5.74) is -0.456. The van der Waals surface area contributed by atoms with Gasteiger partial charge in [0.25, 0.3) is 0 Å². The second-order valence-electron chi connectivity index (χ2n) is 5.10. The lowest BCUT2D eigenvalue weighted by Crippen LogP contribution is -2.38. The van der Waals surface area contributed by atoms with Crippen LogP contribution in [0.5, 0.6) is 5.75 Å². The summed E-state index contributed by atoms with van der Waals surface area (Å²) in [6.45, 7) is 0.316. The predicted octanol–water partition coefficient (Wildman–Crippen LogP) is 3.10. The zero-order valence-electron chi connectivity index (χ0n) is 11.3. The quantitative estimate of drug-likeness (QED) is 0.921. The van der Waals surface area contributed by atoms with E-state index in [4.69, 9.17) is 4.74 Å². The fourth-order valence-electron chi connectivity index (χ4n) is 2.84. The van der Waals surface area contributed by atoms with E-state index in [0.29, 0.717) is 24.3 Å². The normalized spacial score (nSPS) is 21.8. The Morgan fingerprint density at radius 3 is 2.67 bits per heavy atom. The molecule has 0 spiro atoms. The van der Waals surface area contributed by atoms with Gasteiger partial charge in [-0.15, -0.1) is 0 Å². The predicted molar refractivity (Wildman–Crippen MR) is 75.2 cm³/mol. The van der Waals surface area contributed by atoms with Gasteiger partial charge < -0.3 is 9.84 Å². The Morgan fingerprint density at radius 2 is 1.90 bits per heavy atom. The number of aliphatic hydroxyl groups is 1. The highest BCUT2D eigenvalue weighted by Crippen LogP contribution is 2.46. The van der Waals surface area contributed by atoms with Gasteiger partial charge in [0.15, 0.2) is 0 Å². The first kappa shape index (κ1) is 13.6. The molecule has 2 aromatic rings. The van der Waals surface area contributed by atoms with Crippen LogP contribution in [0.1, 0.15) is 23.7 Å². The van der Waals surface area contributed by atoms with E-state index < -0.39 is 17.3 Å². The molecular formula is C17H14FNO2. The number of rotatable bonds is 2. The van der Waals surface area contributed by atoms with E-state index in [0.717, 1.165) is 0 Å². The molecular weight excluding hydrogens is 269 g/mol. The summed E-state index contributed by atoms with van der Waals surface area (Å²) in [5.74, 6) is 0.0595. The van der Waals surface area contributed by atoms with E-state index in [-0.39, 0.29) is 5.56 Å². The summed E-state index contributed by atoms with van der Waals surface area (Å²) in [5, 5.41) is 20.4. The minimum absolute atomic E-state index is 0.135. The van der Waals surface area contributed by atoms with E-state index in [1.807, 2.05) is 6.07 Å². The second-order valence-corrected chi connectivity index (χ2v) is 5.10. The van der Waals surface area contributed by atoms with Crippen molar-refractivity contribution in [2.45, 2.75) is 17.9 Å². The number of aliphatic hydroxyl groups excluding tert-OH is 1. The van der Waals surface area contributed by atoms with Crippen molar-refractivity contribution in [3.8, 4) is 11.8 Å². The van der Waals surface area contributed by atoms with Crippen molar-refractivity contribution in [3.05, 3.63) is 65.5 Å². The van der Waals surface area contributed by atoms with Gasteiger partial charge in [0.05, 0.1) is 12.7 Å². The fraction of sp³-hybridized carbons (Fsp3) is 0.235. The number of benzene rings is 2. The first-order valence-electron chi connectivity index (χ1n) is 6.75. The molecule has 0 fully saturated rings. The molecule has 106 valence electrons. The number of fused-ring (bicyclic) bond motifs is 1. The average molecular weight is 283 g/mol. The maximum atomic E-state index is 14.0. The molecule has 2 unspecified atom stereocenters. The van der Waals surface area contributed by atoms with Gasteiger partial charge in [-0.05, 0) is 12.1 Å². The highest BCUT2D eigenvalue weighted by Gasteiger charge is 2.45. The van der Waals surface area contributed by atoms with Crippen LogP contribution in [0, 0.1) is 17.1 Å². The molecule has 2 aromatic carbocycles. The molecule has 1 heterocycles. The van der Waals surface area contributed by atoms with E-state index in [2.05, 4.69) is 6.07 Å². The Bertz CT molecular complexity index is 710. The topological polar surface area (TPSA) is 53.2 Å². The molecule has 3 nitrogen and oxygen atoms in total. The fourth-order valence-corrected chi connectivity index (χ4v) is 2.84. The van der Waals surface area contributed by atoms with Crippen molar-refractivity contribution in [3.63, 3.8) is 0 Å². The Labute approximate surface area is 122 Å². The molecule has 0 aliphatic carbocycles. The van der Waals surface area contributed by atoms with E-state index >= 15 is 0 Å². The van der Waals surface area contributed by atoms with Gasteiger partial charge in [-0.3, -0.25) is 0 Å². The van der Waals surface area contributed by atoms with Crippen molar-refractivity contribution >= 4 is 0 Å². The first-order valence-corrected chi connectivity index (χ1v) is 6.75. The number of nitrogens with zero attached hydrogens (tertiary/aromatic N) is 1. The van der Waals surface area contributed by atoms with E-state index in [9.17, 15) is 14.8 Å². The van der Waals surface area contributed by atoms with Crippen LogP contribution in [0.3, 0.4) is 0 Å². The molecule has 0 aromatic heterocycles. The molecule has 3 rings (SSSR count). The molecule has 2 atom stereocenters. The van der Waals surface area contributed by atoms with Crippen LogP contribution >= 0.6 is 0 Å². The third-order valence-electron chi connectivity index (χ3n) is 3.99. The Morgan fingerprint density at radius 1 is 1.19 bits per heavy atom. The molecule has 4 heteroatoms. The number of hydrogen-bond acceptors (Lipinski definition) is 3. The summed E-state index contributed by atoms with van der Waals surface area (Å²) >= 11 is 0. The number of nitriles is 1. The standard InChI is InChI=1S/C17H14FNO2/c18-14-7-3-1-5-12(14)16(20)17(11-19)9-10-21-15-8-4-2-6-13(15)17/h1-8,16,20H,9-10H2. The van der Waals surface area contributed by atoms with Gasteiger partial charge in [-0.1, -0.05) is 36.4 Å². The number of ether oxygens (including phenoxy) is 1. The van der Waals surface area contributed by atoms with Crippen LogP contribution < -0.4 is 4.74 Å². The van der Waals surface area contributed by atoms with E-state index in [1.165, 1.54) is 12.1 Å². The number of halogens is 1. The van der Waals surface area contributed by atoms with Crippen LogP contribution in [-0.2, 0) is 5.41 Å². The highest BCUT2D eigenvalue weighted by molar-refractivity contribution is 5.48. The Hall–Kier alpha value is -2.38. The maximum Gasteiger partial charge on any atom is 0.129 e. The lowest BCUT2D eigenvalue weighted by Gasteiger charge is -2.37. The zero-order valence-corrected chi connectivity index (χ0v) is 11.3. The van der Waals surface area contributed by atoms with Crippen molar-refractivity contribution in [2.75, 3.05) is 6.61 Å². The molecule has 1 N–H and O–H groups in total. The van der Waals surface area contributed by atoms with Crippen molar-refractivity contribution in [2.24, 2.45) is 0 Å². The van der Waals surface area contributed by atoms with Gasteiger partial charge in [0.2, 0.25) is 0 Å². The van der Waals surface area contributed by atoms with Crippen molar-refractivity contribution in [1.29, 1.82) is 5.26 Å². The number of para-hydroxylation sites is 1. The Kier molecular flexibility index (Phi) is 3.36. The summed E-state index contributed by atoms with van der Waals surface area (Å²) in [6, 6.07) is 15.3. The minimum atomic E-state index is -1.24. The molecule has 0 saturated carbocycles. The largest absolute Gasteiger partial charge is 0.493 e. The smallest absolute Gasteiger partial charge is 0.129 e. The van der Waals surface area contributed by atoms with Crippen LogP contribution in [-0.4, -0.2) is 11.7 Å². The monoisotopic (exact) mass is 283 g/mol. The summed E-state index contributed by atoms with van der Waals surface area (Å²) in [6.07, 6.45) is -0.926. The lowest BCUT2D eigenvalue weighted by atomic mass is 9.71.